The number of nitrogens with zero attached hydrogens (tertiary/aromatic N) is 4. The average Bonchev–Trinajstić information content (AvgIpc) is 3.60. The first-order valence-electron chi connectivity index (χ1n) is 14.0. The number of nitrogens with one attached hydrogen (secondary N) is 3. The molecule has 4 heterocycles. The fourth-order valence-corrected chi connectivity index (χ4v) is 5.51. The summed E-state index contributed by atoms with van der Waals surface area (Å²) in [5, 5.41) is 8.33. The summed E-state index contributed by atoms with van der Waals surface area (Å²) in [4.78, 5) is 19.3. The van der Waals surface area contributed by atoms with E-state index in [1.165, 1.54) is 11.9 Å². The number of oxazole rings is 1. The van der Waals surface area contributed by atoms with Crippen LogP contribution in [-0.2, 0) is 0 Å². The highest BCUT2D eigenvalue weighted by Gasteiger charge is 2.18. The zero-order valence-electron chi connectivity index (χ0n) is 23.3. The van der Waals surface area contributed by atoms with Crippen LogP contribution < -0.4 is 15.4 Å². The molecule has 3 aromatic carbocycles. The summed E-state index contributed by atoms with van der Waals surface area (Å²) in [7, 11) is 2.18. The predicted molar refractivity (Wildman–Crippen MR) is 167 cm³/mol. The second-order valence-corrected chi connectivity index (χ2v) is 11.2. The summed E-state index contributed by atoms with van der Waals surface area (Å²) in [5.74, 6) is 1.06. The molecule has 1 saturated heterocycles. The van der Waals surface area contributed by atoms with Gasteiger partial charge in [0.15, 0.2) is 5.58 Å². The van der Waals surface area contributed by atoms with Gasteiger partial charge in [-0.05, 0) is 100 Å². The Bertz CT molecular complexity index is 1870. The summed E-state index contributed by atoms with van der Waals surface area (Å²) < 4.78 is 12.1. The van der Waals surface area contributed by atoms with Crippen LogP contribution >= 0.6 is 11.6 Å². The third kappa shape index (κ3) is 5.48. The first-order chi connectivity index (χ1) is 20.5. The predicted octanol–water partition coefficient (Wildman–Crippen LogP) is 7.77. The second kappa shape index (κ2) is 11.0. The van der Waals surface area contributed by atoms with Gasteiger partial charge >= 0.3 is 0 Å². The summed E-state index contributed by atoms with van der Waals surface area (Å²) in [6, 6.07) is 22.3. The maximum atomic E-state index is 6.23. The maximum absolute atomic E-state index is 6.23. The number of hydrogen-bond acceptors (Lipinski definition) is 8. The van der Waals surface area contributed by atoms with Crippen molar-refractivity contribution in [3.63, 3.8) is 0 Å². The van der Waals surface area contributed by atoms with Gasteiger partial charge in [-0.3, -0.25) is 0 Å². The van der Waals surface area contributed by atoms with Gasteiger partial charge in [-0.15, -0.1) is 0 Å². The van der Waals surface area contributed by atoms with Crippen molar-refractivity contribution in [2.45, 2.75) is 25.8 Å². The van der Waals surface area contributed by atoms with Crippen molar-refractivity contribution >= 4 is 51.1 Å². The number of H-pyrrole nitrogens is 1. The van der Waals surface area contributed by atoms with Crippen LogP contribution in [0.5, 0.6) is 11.6 Å². The normalized spacial score (nSPS) is 14.5. The van der Waals surface area contributed by atoms with Crippen LogP contribution in [0, 0.1) is 6.92 Å². The highest BCUT2D eigenvalue weighted by atomic mass is 35.5. The number of hydrogen-bond donors (Lipinski definition) is 3. The minimum Gasteiger partial charge on any atom is -0.438 e. The Balaban J connectivity index is 1.10. The number of aromatic amines is 1. The van der Waals surface area contributed by atoms with E-state index in [0.29, 0.717) is 45.5 Å². The lowest BCUT2D eigenvalue weighted by atomic mass is 10.0. The lowest BCUT2D eigenvalue weighted by Crippen LogP contribution is -2.36. The molecule has 42 heavy (non-hydrogen) atoms. The Morgan fingerprint density at radius 1 is 0.976 bits per heavy atom. The van der Waals surface area contributed by atoms with Crippen molar-refractivity contribution in [1.29, 1.82) is 0 Å². The molecular formula is C32H30ClN7O2. The number of likely N-dealkylation sites (tertiary alicyclic amines) is 1. The number of fused-ring (bicyclic) bond motifs is 2. The third-order valence-corrected chi connectivity index (χ3v) is 7.92. The maximum Gasteiger partial charge on any atom is 0.300 e. The largest absolute Gasteiger partial charge is 0.438 e. The molecule has 0 radical (unpaired) electrons. The molecule has 0 atom stereocenters. The van der Waals surface area contributed by atoms with Crippen LogP contribution in [0.4, 0.5) is 17.4 Å². The standard InChI is InChI=1S/C32H30ClN7O2/c1-19-15-23(36-22-11-13-40(2)14-12-22)7-9-25(19)27-17-26-30(38-27)34-18-35-31(26)41-24-8-10-29-28(16-24)39-32(42-29)37-21-5-3-20(33)4-6-21/h3-10,15-18,22,36H,11-14H2,1-2H3,(H,37,39)(H,34,35,38). The number of halogens is 1. The molecule has 0 aliphatic carbocycles. The van der Waals surface area contributed by atoms with Gasteiger partial charge in [0.2, 0.25) is 5.88 Å². The molecule has 0 unspecified atom stereocenters. The molecule has 7 rings (SSSR count). The van der Waals surface area contributed by atoms with Crippen molar-refractivity contribution in [2.24, 2.45) is 0 Å². The quantitative estimate of drug-likeness (QED) is 0.176. The van der Waals surface area contributed by atoms with Crippen molar-refractivity contribution in [3.8, 4) is 22.9 Å². The average molecular weight is 580 g/mol. The monoisotopic (exact) mass is 579 g/mol. The van der Waals surface area contributed by atoms with Crippen molar-refractivity contribution < 1.29 is 9.15 Å². The smallest absolute Gasteiger partial charge is 0.300 e. The van der Waals surface area contributed by atoms with E-state index in [-0.39, 0.29) is 0 Å². The third-order valence-electron chi connectivity index (χ3n) is 7.66. The number of aromatic nitrogens is 4. The summed E-state index contributed by atoms with van der Waals surface area (Å²) in [6.45, 7) is 4.39. The topological polar surface area (TPSA) is 104 Å². The van der Waals surface area contributed by atoms with E-state index >= 15 is 0 Å². The highest BCUT2D eigenvalue weighted by molar-refractivity contribution is 6.30. The molecule has 212 valence electrons. The zero-order chi connectivity index (χ0) is 28.6. The number of benzene rings is 3. The summed E-state index contributed by atoms with van der Waals surface area (Å²) in [5.41, 5.74) is 7.23. The molecule has 0 bridgehead atoms. The molecular weight excluding hydrogens is 550 g/mol. The Kier molecular flexibility index (Phi) is 6.89. The second-order valence-electron chi connectivity index (χ2n) is 10.8. The van der Waals surface area contributed by atoms with E-state index < -0.39 is 0 Å². The fourth-order valence-electron chi connectivity index (χ4n) is 5.38. The fraction of sp³-hybridized carbons (Fsp3) is 0.219. The molecule has 6 aromatic rings. The minimum atomic E-state index is 0.382. The van der Waals surface area contributed by atoms with Gasteiger partial charge in [0.05, 0.1) is 5.39 Å². The Hall–Kier alpha value is -4.60. The number of anilines is 3. The van der Waals surface area contributed by atoms with E-state index in [1.54, 1.807) is 12.1 Å². The summed E-state index contributed by atoms with van der Waals surface area (Å²) >= 11 is 5.98. The first kappa shape index (κ1) is 26.3. The molecule has 9 nitrogen and oxygen atoms in total. The Labute approximate surface area is 247 Å². The van der Waals surface area contributed by atoms with Gasteiger partial charge in [-0.25, -0.2) is 9.97 Å². The van der Waals surface area contributed by atoms with Crippen LogP contribution in [0.15, 0.2) is 77.5 Å². The van der Waals surface area contributed by atoms with Crippen LogP contribution in [0.2, 0.25) is 5.02 Å². The molecule has 3 aromatic heterocycles. The van der Waals surface area contributed by atoms with E-state index in [9.17, 15) is 0 Å². The van der Waals surface area contributed by atoms with Crippen LogP contribution in [0.25, 0.3) is 33.4 Å². The molecule has 1 aliphatic heterocycles. The molecule has 3 N–H and O–H groups in total. The lowest BCUT2D eigenvalue weighted by Gasteiger charge is -2.30. The molecule has 0 spiro atoms. The molecule has 1 aliphatic rings. The molecule has 0 amide bonds. The first-order valence-corrected chi connectivity index (χ1v) is 14.4. The molecule has 1 fully saturated rings. The van der Waals surface area contributed by atoms with Crippen molar-refractivity contribution in [3.05, 3.63) is 83.6 Å². The number of ether oxygens (including phenoxy) is 1. The molecule has 0 saturated carbocycles. The van der Waals surface area contributed by atoms with E-state index in [1.807, 2.05) is 36.4 Å². The lowest BCUT2D eigenvalue weighted by molar-refractivity contribution is 0.264. The van der Waals surface area contributed by atoms with Crippen molar-refractivity contribution in [1.82, 2.24) is 24.8 Å². The SMILES string of the molecule is Cc1cc(NC2CCN(C)CC2)ccc1-c1cc2c(Oc3ccc4oc(Nc5ccc(Cl)cc5)nc4c3)ncnc2[nH]1. The van der Waals surface area contributed by atoms with Gasteiger partial charge in [0, 0.05) is 39.8 Å². The Morgan fingerprint density at radius 3 is 2.60 bits per heavy atom. The number of piperidine rings is 1. The van der Waals surface area contributed by atoms with Gasteiger partial charge in [-0.2, -0.15) is 4.98 Å². The van der Waals surface area contributed by atoms with Gasteiger partial charge in [-0.1, -0.05) is 17.7 Å². The van der Waals surface area contributed by atoms with Crippen molar-refractivity contribution in [2.75, 3.05) is 30.8 Å². The Morgan fingerprint density at radius 2 is 1.79 bits per heavy atom. The number of rotatable bonds is 7. The van der Waals surface area contributed by atoms with Crippen LogP contribution in [-0.4, -0.2) is 51.0 Å². The minimum absolute atomic E-state index is 0.382. The van der Waals surface area contributed by atoms with Gasteiger partial charge in [0.1, 0.15) is 23.2 Å². The van der Waals surface area contributed by atoms with E-state index in [0.717, 1.165) is 53.9 Å². The molecule has 10 heteroatoms. The summed E-state index contributed by atoms with van der Waals surface area (Å²) in [6.07, 6.45) is 3.82. The van der Waals surface area contributed by atoms with Crippen LogP contribution in [0.3, 0.4) is 0 Å². The van der Waals surface area contributed by atoms with Crippen LogP contribution in [0.1, 0.15) is 18.4 Å². The zero-order valence-corrected chi connectivity index (χ0v) is 24.1. The highest BCUT2D eigenvalue weighted by Crippen LogP contribution is 2.34. The number of aryl methyl sites for hydroxylation is 1. The van der Waals surface area contributed by atoms with Gasteiger partial charge < -0.3 is 29.7 Å². The van der Waals surface area contributed by atoms with E-state index in [2.05, 4.69) is 67.6 Å². The van der Waals surface area contributed by atoms with Gasteiger partial charge in [0.25, 0.3) is 6.01 Å². The van der Waals surface area contributed by atoms with E-state index in [4.69, 9.17) is 20.8 Å².